The summed E-state index contributed by atoms with van der Waals surface area (Å²) >= 11 is 0. The minimum absolute atomic E-state index is 0.142. The van der Waals surface area contributed by atoms with E-state index in [0.29, 0.717) is 28.7 Å². The molecule has 1 aliphatic rings. The average molecular weight is 532 g/mol. The van der Waals surface area contributed by atoms with Crippen LogP contribution < -0.4 is 26.6 Å². The van der Waals surface area contributed by atoms with Crippen LogP contribution in [0, 0.1) is 0 Å². The quantitative estimate of drug-likeness (QED) is 0.153. The standard InChI is InChI=1S/C19H21N11O4S2/c20-7-9-6-10(8-23-9)28-36(33,34)14-5-4-11(12-2-1-3-13-16(12)25-19(21)24-13)15(17(14)35(22,31)32)18-26-29-30-27-18/h1-5,8-9,23,28H,6-7,20H2,(H3,21,24,25)(H2,22,31,32)(H,26,27,29,30)/t9-/m0/s1. The van der Waals surface area contributed by atoms with Gasteiger partial charge in [-0.1, -0.05) is 18.2 Å². The summed E-state index contributed by atoms with van der Waals surface area (Å²) in [5.41, 5.74) is 13.3. The maximum Gasteiger partial charge on any atom is 0.263 e. The first-order chi connectivity index (χ1) is 17.1. The van der Waals surface area contributed by atoms with Gasteiger partial charge in [-0.15, -0.1) is 10.2 Å². The third kappa shape index (κ3) is 4.13. The van der Waals surface area contributed by atoms with Crippen molar-refractivity contribution in [3.63, 3.8) is 0 Å². The van der Waals surface area contributed by atoms with Gasteiger partial charge in [0.25, 0.3) is 10.0 Å². The molecular formula is C19H21N11O4S2. The number of hydrogen-bond acceptors (Lipinski definition) is 11. The smallest absolute Gasteiger partial charge is 0.263 e. The van der Waals surface area contributed by atoms with Gasteiger partial charge in [-0.05, 0) is 22.9 Å². The normalized spacial score (nSPS) is 16.2. The van der Waals surface area contributed by atoms with Crippen molar-refractivity contribution in [1.29, 1.82) is 0 Å². The molecule has 2 aromatic carbocycles. The highest BCUT2D eigenvalue weighted by molar-refractivity contribution is 7.92. The second-order valence-corrected chi connectivity index (χ2v) is 11.1. The first kappa shape index (κ1) is 23.7. The van der Waals surface area contributed by atoms with Gasteiger partial charge in [-0.25, -0.2) is 27.0 Å². The Morgan fingerprint density at radius 1 is 1.11 bits per heavy atom. The maximum atomic E-state index is 13.4. The van der Waals surface area contributed by atoms with Gasteiger partial charge in [0, 0.05) is 36.5 Å². The molecule has 4 aromatic rings. The Balaban J connectivity index is 1.78. The molecule has 0 saturated carbocycles. The van der Waals surface area contributed by atoms with E-state index in [1.807, 2.05) is 0 Å². The van der Waals surface area contributed by atoms with Gasteiger partial charge in [0.1, 0.15) is 9.79 Å². The largest absolute Gasteiger partial charge is 0.385 e. The number of hydrogen-bond donors (Lipinski definition) is 7. The van der Waals surface area contributed by atoms with Crippen LogP contribution in [0.5, 0.6) is 0 Å². The van der Waals surface area contributed by atoms with Gasteiger partial charge < -0.3 is 21.8 Å². The van der Waals surface area contributed by atoms with Crippen molar-refractivity contribution < 1.29 is 16.8 Å². The zero-order chi connectivity index (χ0) is 25.7. The molecule has 10 N–H and O–H groups in total. The number of sulfonamides is 2. The molecule has 188 valence electrons. The summed E-state index contributed by atoms with van der Waals surface area (Å²) < 4.78 is 55.1. The SMILES string of the molecule is NC[C@@H]1CC(NS(=O)(=O)c2ccc(-c3cccc4[nH]c(N)nc34)c(-c3nn[nH]n3)c2S(N)(=O)=O)=CN1. The van der Waals surface area contributed by atoms with Gasteiger partial charge >= 0.3 is 0 Å². The number of para-hydroxylation sites is 1. The second-order valence-electron chi connectivity index (χ2n) is 8.00. The lowest BCUT2D eigenvalue weighted by Crippen LogP contribution is -2.30. The molecule has 15 nitrogen and oxygen atoms in total. The van der Waals surface area contributed by atoms with Crippen LogP contribution in [0.4, 0.5) is 5.95 Å². The van der Waals surface area contributed by atoms with Gasteiger partial charge in [-0.2, -0.15) is 5.21 Å². The molecule has 0 fully saturated rings. The van der Waals surface area contributed by atoms with E-state index in [1.54, 1.807) is 18.2 Å². The average Bonchev–Trinajstić information content (AvgIpc) is 3.57. The van der Waals surface area contributed by atoms with Crippen LogP contribution in [0.1, 0.15) is 6.42 Å². The molecule has 1 aliphatic heterocycles. The molecule has 1 atom stereocenters. The molecule has 0 bridgehead atoms. The van der Waals surface area contributed by atoms with Crippen molar-refractivity contribution in [2.24, 2.45) is 10.9 Å². The summed E-state index contributed by atoms with van der Waals surface area (Å²) in [4.78, 5) is 5.90. The lowest BCUT2D eigenvalue weighted by atomic mass is 9.98. The number of nitrogens with zero attached hydrogens (tertiary/aromatic N) is 4. The molecular weight excluding hydrogens is 510 g/mol. The Hall–Kier alpha value is -4.06. The number of aromatic nitrogens is 6. The number of tetrazole rings is 1. The maximum absolute atomic E-state index is 13.4. The zero-order valence-electron chi connectivity index (χ0n) is 18.4. The van der Waals surface area contributed by atoms with Gasteiger partial charge in [-0.3, -0.25) is 4.72 Å². The molecule has 17 heteroatoms. The summed E-state index contributed by atoms with van der Waals surface area (Å²) in [6.45, 7) is 0.282. The van der Waals surface area contributed by atoms with Gasteiger partial charge in [0.05, 0.1) is 16.6 Å². The summed E-state index contributed by atoms with van der Waals surface area (Å²) in [6, 6.07) is 7.53. The number of rotatable bonds is 7. The fourth-order valence-electron chi connectivity index (χ4n) is 4.09. The van der Waals surface area contributed by atoms with E-state index in [-0.39, 0.29) is 35.5 Å². The number of benzene rings is 2. The predicted octanol–water partition coefficient (Wildman–Crippen LogP) is -0.920. The molecule has 0 amide bonds. The monoisotopic (exact) mass is 531 g/mol. The van der Waals surface area contributed by atoms with E-state index in [1.165, 1.54) is 12.3 Å². The predicted molar refractivity (Wildman–Crippen MR) is 129 cm³/mol. The van der Waals surface area contributed by atoms with Gasteiger partial charge in [0.2, 0.25) is 15.8 Å². The minimum atomic E-state index is -4.65. The lowest BCUT2D eigenvalue weighted by molar-refractivity contribution is 0.576. The van der Waals surface area contributed by atoms with Crippen molar-refractivity contribution >= 4 is 37.0 Å². The molecule has 36 heavy (non-hydrogen) atoms. The van der Waals surface area contributed by atoms with Crippen LogP contribution >= 0.6 is 0 Å². The molecule has 0 saturated heterocycles. The Morgan fingerprint density at radius 3 is 2.58 bits per heavy atom. The van der Waals surface area contributed by atoms with Crippen LogP contribution in [0.25, 0.3) is 33.5 Å². The Bertz CT molecular complexity index is 1710. The number of primary sulfonamides is 1. The minimum Gasteiger partial charge on any atom is -0.385 e. The fourth-order valence-corrected chi connectivity index (χ4v) is 6.79. The number of anilines is 1. The number of fused-ring (bicyclic) bond motifs is 1. The second kappa shape index (κ2) is 8.55. The van der Waals surface area contributed by atoms with Crippen molar-refractivity contribution in [1.82, 2.24) is 40.6 Å². The molecule has 0 radical (unpaired) electrons. The van der Waals surface area contributed by atoms with Crippen LogP contribution in [0.2, 0.25) is 0 Å². The fraction of sp³-hybridized carbons (Fsp3) is 0.158. The van der Waals surface area contributed by atoms with Gasteiger partial charge in [0.15, 0.2) is 5.95 Å². The highest BCUT2D eigenvalue weighted by atomic mass is 32.2. The van der Waals surface area contributed by atoms with Crippen LogP contribution in [0.15, 0.2) is 52.0 Å². The molecule has 3 heterocycles. The molecule has 0 aliphatic carbocycles. The molecule has 2 aromatic heterocycles. The molecule has 5 rings (SSSR count). The molecule has 0 spiro atoms. The van der Waals surface area contributed by atoms with E-state index in [0.717, 1.165) is 6.07 Å². The Kier molecular flexibility index (Phi) is 5.62. The van der Waals surface area contributed by atoms with E-state index in [9.17, 15) is 16.8 Å². The van der Waals surface area contributed by atoms with Crippen LogP contribution in [-0.4, -0.2) is 60.0 Å². The first-order valence-corrected chi connectivity index (χ1v) is 13.5. The number of nitrogen functional groups attached to an aromatic ring is 1. The number of nitrogens with one attached hydrogen (secondary N) is 4. The van der Waals surface area contributed by atoms with Crippen LogP contribution in [0.3, 0.4) is 0 Å². The summed E-state index contributed by atoms with van der Waals surface area (Å²) in [7, 11) is -9.08. The Morgan fingerprint density at radius 2 is 1.92 bits per heavy atom. The lowest BCUT2D eigenvalue weighted by Gasteiger charge is -2.17. The van der Waals surface area contributed by atoms with Crippen molar-refractivity contribution in [3.8, 4) is 22.5 Å². The van der Waals surface area contributed by atoms with Crippen molar-refractivity contribution in [3.05, 3.63) is 42.2 Å². The van der Waals surface area contributed by atoms with E-state index < -0.39 is 29.8 Å². The van der Waals surface area contributed by atoms with E-state index >= 15 is 0 Å². The molecule has 0 unspecified atom stereocenters. The number of nitrogens with two attached hydrogens (primary N) is 3. The highest BCUT2D eigenvalue weighted by Gasteiger charge is 2.33. The van der Waals surface area contributed by atoms with Crippen LogP contribution in [-0.2, 0) is 20.0 Å². The van der Waals surface area contributed by atoms with E-state index in [4.69, 9.17) is 16.6 Å². The Labute approximate surface area is 204 Å². The van der Waals surface area contributed by atoms with Crippen molar-refractivity contribution in [2.75, 3.05) is 12.3 Å². The number of H-pyrrole nitrogens is 2. The third-order valence-electron chi connectivity index (χ3n) is 5.60. The topological polar surface area (TPSA) is 254 Å². The van der Waals surface area contributed by atoms with E-state index in [2.05, 4.69) is 40.6 Å². The number of imidazole rings is 1. The zero-order valence-corrected chi connectivity index (χ0v) is 20.1. The highest BCUT2D eigenvalue weighted by Crippen LogP contribution is 2.40. The first-order valence-electron chi connectivity index (χ1n) is 10.4. The summed E-state index contributed by atoms with van der Waals surface area (Å²) in [5, 5.41) is 22.1. The summed E-state index contributed by atoms with van der Waals surface area (Å²) in [5.74, 6) is -0.0422. The summed E-state index contributed by atoms with van der Waals surface area (Å²) in [6.07, 6.45) is 1.78. The van der Waals surface area contributed by atoms with Crippen molar-refractivity contribution in [2.45, 2.75) is 22.3 Å². The number of aromatic amines is 2. The third-order valence-corrected chi connectivity index (χ3v) is 8.17.